The summed E-state index contributed by atoms with van der Waals surface area (Å²) in [4.78, 5) is 17.1. The molecule has 3 nitrogen and oxygen atoms in total. The molecule has 0 atom stereocenters. The third-order valence-corrected chi connectivity index (χ3v) is 5.87. The summed E-state index contributed by atoms with van der Waals surface area (Å²) in [5.41, 5.74) is 3.50. The van der Waals surface area contributed by atoms with Crippen LogP contribution in [-0.4, -0.2) is 11.6 Å². The summed E-state index contributed by atoms with van der Waals surface area (Å²) in [7, 11) is 0. The molecule has 0 aromatic heterocycles. The molecule has 0 spiro atoms. The van der Waals surface area contributed by atoms with Gasteiger partial charge in [0.05, 0.1) is 11.3 Å². The lowest BCUT2D eigenvalue weighted by molar-refractivity contribution is 0.102. The molecule has 0 radical (unpaired) electrons. The van der Waals surface area contributed by atoms with Gasteiger partial charge in [0.25, 0.3) is 5.91 Å². The summed E-state index contributed by atoms with van der Waals surface area (Å²) in [6.45, 7) is 0. The Kier molecular flexibility index (Phi) is 5.72. The molecule has 1 N–H and O–H groups in total. The third-order valence-electron chi connectivity index (χ3n) is 4.63. The summed E-state index contributed by atoms with van der Waals surface area (Å²) in [5.74, 6) is -1.12. The van der Waals surface area contributed by atoms with Crippen molar-refractivity contribution >= 4 is 62.1 Å². The molecule has 0 bridgehead atoms. The van der Waals surface area contributed by atoms with E-state index in [4.69, 9.17) is 23.2 Å². The van der Waals surface area contributed by atoms with Crippen molar-refractivity contribution in [1.82, 2.24) is 0 Å². The zero-order valence-corrected chi connectivity index (χ0v) is 18.1. The maximum atomic E-state index is 14.6. The Labute approximate surface area is 185 Å². The number of halogens is 4. The molecule has 1 aliphatic rings. The van der Waals surface area contributed by atoms with Crippen LogP contribution in [0.2, 0.25) is 10.0 Å². The lowest BCUT2D eigenvalue weighted by Gasteiger charge is -2.08. The van der Waals surface area contributed by atoms with Gasteiger partial charge in [-0.05, 0) is 53.6 Å². The third kappa shape index (κ3) is 4.37. The molecule has 3 aromatic rings. The Balaban J connectivity index is 1.54. The van der Waals surface area contributed by atoms with E-state index in [0.717, 1.165) is 21.3 Å². The van der Waals surface area contributed by atoms with Crippen molar-refractivity contribution in [2.24, 2.45) is 4.99 Å². The summed E-state index contributed by atoms with van der Waals surface area (Å²) in [5, 5.41) is 3.84. The van der Waals surface area contributed by atoms with Gasteiger partial charge in [-0.1, -0.05) is 45.2 Å². The number of benzene rings is 3. The molecule has 29 heavy (non-hydrogen) atoms. The Morgan fingerprint density at radius 2 is 1.79 bits per heavy atom. The van der Waals surface area contributed by atoms with Crippen LogP contribution < -0.4 is 5.32 Å². The normalized spacial score (nSPS) is 12.5. The molecule has 4 rings (SSSR count). The molecule has 0 aliphatic carbocycles. The minimum absolute atomic E-state index is 0.0149. The number of carbonyl (C=O) groups excluding carboxylic acids is 1. The maximum absolute atomic E-state index is 14.6. The maximum Gasteiger partial charge on any atom is 0.258 e. The van der Waals surface area contributed by atoms with E-state index in [1.54, 1.807) is 48.5 Å². The lowest BCUT2D eigenvalue weighted by atomic mass is 10.0. The van der Waals surface area contributed by atoms with Crippen molar-refractivity contribution in [3.8, 4) is 0 Å². The quantitative estimate of drug-likeness (QED) is 0.418. The fraction of sp³-hybridized carbons (Fsp3) is 0.0909. The first-order valence-electron chi connectivity index (χ1n) is 8.79. The topological polar surface area (TPSA) is 41.5 Å². The monoisotopic (exact) mass is 490 g/mol. The molecule has 1 heterocycles. The fourth-order valence-corrected chi connectivity index (χ4v) is 3.99. The largest absolute Gasteiger partial charge is 0.322 e. The lowest BCUT2D eigenvalue weighted by Crippen LogP contribution is -2.14. The number of hydrogen-bond acceptors (Lipinski definition) is 2. The van der Waals surface area contributed by atoms with Gasteiger partial charge in [-0.2, -0.15) is 0 Å². The summed E-state index contributed by atoms with van der Waals surface area (Å²) in [6.07, 6.45) is 0.977. The zero-order valence-electron chi connectivity index (χ0n) is 15.0. The highest BCUT2D eigenvalue weighted by Gasteiger charge is 2.22. The Morgan fingerprint density at radius 1 is 1.10 bits per heavy atom. The van der Waals surface area contributed by atoms with Crippen LogP contribution >= 0.6 is 39.1 Å². The number of aliphatic imine (C=N–C) groups is 1. The number of nitrogens with zero attached hydrogens (tertiary/aromatic N) is 1. The van der Waals surface area contributed by atoms with Crippen molar-refractivity contribution in [3.63, 3.8) is 0 Å². The molecule has 1 aliphatic heterocycles. The molecule has 0 saturated carbocycles. The van der Waals surface area contributed by atoms with Gasteiger partial charge >= 0.3 is 0 Å². The molecule has 1 amide bonds. The van der Waals surface area contributed by atoms with Gasteiger partial charge in [0, 0.05) is 44.8 Å². The predicted molar refractivity (Wildman–Crippen MR) is 119 cm³/mol. The number of hydrogen-bond donors (Lipinski definition) is 1. The number of rotatable bonds is 4. The predicted octanol–water partition coefficient (Wildman–Crippen LogP) is 7.02. The zero-order chi connectivity index (χ0) is 20.5. The average Bonchev–Trinajstić information content (AvgIpc) is 3.07. The van der Waals surface area contributed by atoms with E-state index < -0.39 is 11.7 Å². The number of fused-ring (bicyclic) bond motifs is 1. The molecule has 3 aromatic carbocycles. The van der Waals surface area contributed by atoms with Crippen LogP contribution in [0.15, 0.2) is 64.1 Å². The van der Waals surface area contributed by atoms with Crippen molar-refractivity contribution in [2.75, 3.05) is 5.32 Å². The summed E-state index contributed by atoms with van der Waals surface area (Å²) >= 11 is 15.8. The van der Waals surface area contributed by atoms with Crippen LogP contribution in [0.4, 0.5) is 15.8 Å². The Morgan fingerprint density at radius 3 is 2.48 bits per heavy atom. The van der Waals surface area contributed by atoms with E-state index >= 15 is 0 Å². The van der Waals surface area contributed by atoms with Gasteiger partial charge in [-0.25, -0.2) is 4.39 Å². The second-order valence-corrected chi connectivity index (χ2v) is 8.38. The minimum atomic E-state index is -0.612. The number of carbonyl (C=O) groups is 1. The van der Waals surface area contributed by atoms with Crippen LogP contribution in [0.3, 0.4) is 0 Å². The van der Waals surface area contributed by atoms with Crippen LogP contribution in [0, 0.1) is 5.82 Å². The first kappa shape index (κ1) is 20.1. The molecule has 0 unspecified atom stereocenters. The van der Waals surface area contributed by atoms with Gasteiger partial charge in [0.2, 0.25) is 0 Å². The van der Waals surface area contributed by atoms with Crippen molar-refractivity contribution < 1.29 is 9.18 Å². The van der Waals surface area contributed by atoms with Gasteiger partial charge < -0.3 is 5.32 Å². The average molecular weight is 492 g/mol. The van der Waals surface area contributed by atoms with E-state index in [0.29, 0.717) is 34.3 Å². The van der Waals surface area contributed by atoms with Gasteiger partial charge in [0.1, 0.15) is 5.82 Å². The van der Waals surface area contributed by atoms with Crippen molar-refractivity contribution in [2.45, 2.75) is 12.8 Å². The van der Waals surface area contributed by atoms with Crippen molar-refractivity contribution in [3.05, 3.63) is 91.6 Å². The number of nitrogens with one attached hydrogen (secondary N) is 1. The summed E-state index contributed by atoms with van der Waals surface area (Å²) in [6, 6.07) is 15.3. The first-order chi connectivity index (χ1) is 13.9. The molecule has 0 saturated heterocycles. The summed E-state index contributed by atoms with van der Waals surface area (Å²) < 4.78 is 15.5. The van der Waals surface area contributed by atoms with Crippen LogP contribution in [0.1, 0.15) is 21.5 Å². The van der Waals surface area contributed by atoms with E-state index in [1.165, 1.54) is 6.07 Å². The molecular formula is C22H14BrCl2FN2O. The van der Waals surface area contributed by atoms with E-state index in [-0.39, 0.29) is 5.56 Å². The number of amides is 1. The molecular weight excluding hydrogens is 478 g/mol. The highest BCUT2D eigenvalue weighted by molar-refractivity contribution is 9.10. The Bertz CT molecular complexity index is 1130. The fourth-order valence-electron chi connectivity index (χ4n) is 3.20. The Hall–Kier alpha value is -2.21. The van der Waals surface area contributed by atoms with E-state index in [2.05, 4.69) is 26.2 Å². The van der Waals surface area contributed by atoms with Crippen LogP contribution in [0.5, 0.6) is 0 Å². The first-order valence-corrected chi connectivity index (χ1v) is 10.3. The second-order valence-electron chi connectivity index (χ2n) is 6.65. The minimum Gasteiger partial charge on any atom is -0.322 e. The second kappa shape index (κ2) is 8.27. The molecule has 146 valence electrons. The molecule has 0 fully saturated rings. The highest BCUT2D eigenvalue weighted by Crippen LogP contribution is 2.33. The molecule has 7 heteroatoms. The highest BCUT2D eigenvalue weighted by atomic mass is 79.9. The standard InChI is InChI=1S/C22H14BrCl2FN2O/c23-13-4-6-14(7-5-13)28-22(29)17-9-12-8-15(27-21(12)11-20(17)26)10-16-18(24)2-1-3-19(16)25/h1-7,9,11H,8,10H2,(H,28,29). The van der Waals surface area contributed by atoms with Gasteiger partial charge in [0.15, 0.2) is 0 Å². The number of anilines is 1. The SMILES string of the molecule is O=C(Nc1ccc(Br)cc1)c1cc2c(cc1F)N=C(Cc1c(Cl)cccc1Cl)C2. The smallest absolute Gasteiger partial charge is 0.258 e. The van der Waals surface area contributed by atoms with Gasteiger partial charge in [-0.15, -0.1) is 0 Å². The van der Waals surface area contributed by atoms with Crippen molar-refractivity contribution in [1.29, 1.82) is 0 Å². The van der Waals surface area contributed by atoms with Gasteiger partial charge in [-0.3, -0.25) is 9.79 Å². The van der Waals surface area contributed by atoms with Crippen LogP contribution in [-0.2, 0) is 12.8 Å². The van der Waals surface area contributed by atoms with E-state index in [1.807, 2.05) is 0 Å². The van der Waals surface area contributed by atoms with Crippen LogP contribution in [0.25, 0.3) is 0 Å². The van der Waals surface area contributed by atoms with E-state index in [9.17, 15) is 9.18 Å².